The van der Waals surface area contributed by atoms with E-state index in [0.717, 1.165) is 18.9 Å². The van der Waals surface area contributed by atoms with Gasteiger partial charge in [0.2, 0.25) is 0 Å². The molecule has 0 bridgehead atoms. The quantitative estimate of drug-likeness (QED) is 0.667. The van der Waals surface area contributed by atoms with Crippen LogP contribution in [0.4, 0.5) is 0 Å². The molecule has 0 aromatic carbocycles. The summed E-state index contributed by atoms with van der Waals surface area (Å²) in [6.07, 6.45) is 7.47. The lowest BCUT2D eigenvalue weighted by atomic mass is 9.80. The molecular formula is C10H19NO. The van der Waals surface area contributed by atoms with Crippen LogP contribution in [0.1, 0.15) is 38.5 Å². The van der Waals surface area contributed by atoms with E-state index >= 15 is 0 Å². The first-order valence-electron chi connectivity index (χ1n) is 5.28. The van der Waals surface area contributed by atoms with E-state index in [-0.39, 0.29) is 6.10 Å². The van der Waals surface area contributed by atoms with Crippen LogP contribution in [0.3, 0.4) is 0 Å². The number of aliphatic hydroxyl groups is 1. The van der Waals surface area contributed by atoms with Crippen LogP contribution < -0.4 is 5.32 Å². The molecule has 0 amide bonds. The van der Waals surface area contributed by atoms with Crippen LogP contribution in [0.15, 0.2) is 0 Å². The fourth-order valence-electron chi connectivity index (χ4n) is 2.27. The van der Waals surface area contributed by atoms with Gasteiger partial charge in [-0.3, -0.25) is 0 Å². The molecule has 0 radical (unpaired) electrons. The van der Waals surface area contributed by atoms with Gasteiger partial charge in [0.05, 0.1) is 6.10 Å². The number of hydrogen-bond acceptors (Lipinski definition) is 2. The van der Waals surface area contributed by atoms with Gasteiger partial charge in [0.15, 0.2) is 0 Å². The Kier molecular flexibility index (Phi) is 2.66. The molecule has 0 aromatic rings. The van der Waals surface area contributed by atoms with Crippen LogP contribution in [0.2, 0.25) is 0 Å². The Morgan fingerprint density at radius 3 is 2.58 bits per heavy atom. The van der Waals surface area contributed by atoms with Crippen molar-refractivity contribution in [3.63, 3.8) is 0 Å². The van der Waals surface area contributed by atoms with E-state index in [9.17, 15) is 5.11 Å². The van der Waals surface area contributed by atoms with Gasteiger partial charge >= 0.3 is 0 Å². The lowest BCUT2D eigenvalue weighted by Crippen LogP contribution is -2.36. The summed E-state index contributed by atoms with van der Waals surface area (Å²) in [7, 11) is 0. The minimum absolute atomic E-state index is 0.0715. The SMILES string of the molecule is OC(CC1CCC1)[C@@H]1CCCN1. The van der Waals surface area contributed by atoms with Gasteiger partial charge in [-0.2, -0.15) is 0 Å². The summed E-state index contributed by atoms with van der Waals surface area (Å²) in [6.45, 7) is 1.10. The highest BCUT2D eigenvalue weighted by atomic mass is 16.3. The molecular weight excluding hydrogens is 150 g/mol. The van der Waals surface area contributed by atoms with Crippen molar-refractivity contribution in [1.82, 2.24) is 5.32 Å². The minimum Gasteiger partial charge on any atom is -0.391 e. The Balaban J connectivity index is 1.71. The molecule has 1 aliphatic carbocycles. The molecule has 12 heavy (non-hydrogen) atoms. The number of nitrogens with one attached hydrogen (secondary N) is 1. The third-order valence-corrected chi connectivity index (χ3v) is 3.36. The van der Waals surface area contributed by atoms with Gasteiger partial charge in [-0.05, 0) is 31.7 Å². The van der Waals surface area contributed by atoms with Gasteiger partial charge in [-0.25, -0.2) is 0 Å². The fraction of sp³-hybridized carbons (Fsp3) is 1.00. The molecule has 2 atom stereocenters. The summed E-state index contributed by atoms with van der Waals surface area (Å²) < 4.78 is 0. The van der Waals surface area contributed by atoms with E-state index in [0.29, 0.717) is 6.04 Å². The topological polar surface area (TPSA) is 32.3 Å². The number of rotatable bonds is 3. The maximum Gasteiger partial charge on any atom is 0.0695 e. The van der Waals surface area contributed by atoms with Crippen LogP contribution in [-0.4, -0.2) is 23.8 Å². The lowest BCUT2D eigenvalue weighted by molar-refractivity contribution is 0.0883. The standard InChI is InChI=1S/C10H19NO/c12-10(7-8-3-1-4-8)9-5-2-6-11-9/h8-12H,1-7H2/t9-,10?/m0/s1. The predicted molar refractivity (Wildman–Crippen MR) is 49.0 cm³/mol. The molecule has 0 spiro atoms. The molecule has 1 aliphatic heterocycles. The normalized spacial score (nSPS) is 33.2. The average Bonchev–Trinajstić information content (AvgIpc) is 2.47. The molecule has 2 heteroatoms. The van der Waals surface area contributed by atoms with E-state index in [1.165, 1.54) is 32.1 Å². The molecule has 1 saturated heterocycles. The predicted octanol–water partition coefficient (Wildman–Crippen LogP) is 1.29. The summed E-state index contributed by atoms with van der Waals surface area (Å²) >= 11 is 0. The Bertz CT molecular complexity index is 139. The molecule has 0 aromatic heterocycles. The third-order valence-electron chi connectivity index (χ3n) is 3.36. The molecule has 2 nitrogen and oxygen atoms in total. The summed E-state index contributed by atoms with van der Waals surface area (Å²) in [4.78, 5) is 0. The first kappa shape index (κ1) is 8.52. The van der Waals surface area contributed by atoms with Gasteiger partial charge in [-0.1, -0.05) is 19.3 Å². The average molecular weight is 169 g/mol. The van der Waals surface area contributed by atoms with Crippen molar-refractivity contribution < 1.29 is 5.11 Å². The van der Waals surface area contributed by atoms with Crippen LogP contribution >= 0.6 is 0 Å². The molecule has 2 N–H and O–H groups in total. The monoisotopic (exact) mass is 169 g/mol. The highest BCUT2D eigenvalue weighted by Gasteiger charge is 2.27. The largest absolute Gasteiger partial charge is 0.391 e. The van der Waals surface area contributed by atoms with E-state index in [2.05, 4.69) is 5.32 Å². The Labute approximate surface area is 74.4 Å². The highest BCUT2D eigenvalue weighted by molar-refractivity contribution is 4.84. The van der Waals surface area contributed by atoms with Crippen LogP contribution in [0.25, 0.3) is 0 Å². The second-order valence-electron chi connectivity index (χ2n) is 4.30. The highest BCUT2D eigenvalue weighted by Crippen LogP contribution is 2.31. The van der Waals surface area contributed by atoms with Crippen molar-refractivity contribution in [2.45, 2.75) is 50.7 Å². The Morgan fingerprint density at radius 1 is 1.25 bits per heavy atom. The van der Waals surface area contributed by atoms with Crippen molar-refractivity contribution in [1.29, 1.82) is 0 Å². The molecule has 2 fully saturated rings. The van der Waals surface area contributed by atoms with E-state index in [4.69, 9.17) is 0 Å². The summed E-state index contributed by atoms with van der Waals surface area (Å²) in [6, 6.07) is 0.408. The van der Waals surface area contributed by atoms with Gasteiger partial charge in [-0.15, -0.1) is 0 Å². The van der Waals surface area contributed by atoms with Crippen LogP contribution in [0.5, 0.6) is 0 Å². The van der Waals surface area contributed by atoms with Crippen molar-refractivity contribution >= 4 is 0 Å². The zero-order valence-electron chi connectivity index (χ0n) is 7.63. The minimum atomic E-state index is -0.0715. The molecule has 1 saturated carbocycles. The summed E-state index contributed by atoms with van der Waals surface area (Å²) in [5, 5.41) is 13.2. The Morgan fingerprint density at radius 2 is 2.08 bits per heavy atom. The molecule has 2 rings (SSSR count). The van der Waals surface area contributed by atoms with Crippen molar-refractivity contribution in [3.05, 3.63) is 0 Å². The van der Waals surface area contributed by atoms with Crippen LogP contribution in [-0.2, 0) is 0 Å². The van der Waals surface area contributed by atoms with Crippen molar-refractivity contribution in [2.24, 2.45) is 5.92 Å². The zero-order valence-corrected chi connectivity index (χ0v) is 7.63. The van der Waals surface area contributed by atoms with E-state index < -0.39 is 0 Å². The first-order chi connectivity index (χ1) is 5.86. The van der Waals surface area contributed by atoms with E-state index in [1.807, 2.05) is 0 Å². The van der Waals surface area contributed by atoms with Crippen molar-refractivity contribution in [3.8, 4) is 0 Å². The fourth-order valence-corrected chi connectivity index (χ4v) is 2.27. The summed E-state index contributed by atoms with van der Waals surface area (Å²) in [5.41, 5.74) is 0. The van der Waals surface area contributed by atoms with Gasteiger partial charge in [0.1, 0.15) is 0 Å². The first-order valence-corrected chi connectivity index (χ1v) is 5.28. The second-order valence-corrected chi connectivity index (χ2v) is 4.30. The second kappa shape index (κ2) is 3.75. The van der Waals surface area contributed by atoms with Crippen LogP contribution in [0, 0.1) is 5.92 Å². The maximum absolute atomic E-state index is 9.82. The number of hydrogen-bond donors (Lipinski definition) is 2. The smallest absolute Gasteiger partial charge is 0.0695 e. The number of aliphatic hydroxyl groups excluding tert-OH is 1. The molecule has 70 valence electrons. The van der Waals surface area contributed by atoms with Gasteiger partial charge in [0.25, 0.3) is 0 Å². The van der Waals surface area contributed by atoms with Gasteiger partial charge in [0, 0.05) is 6.04 Å². The Hall–Kier alpha value is -0.0800. The summed E-state index contributed by atoms with van der Waals surface area (Å²) in [5.74, 6) is 0.836. The molecule has 2 aliphatic rings. The zero-order chi connectivity index (χ0) is 8.39. The van der Waals surface area contributed by atoms with E-state index in [1.54, 1.807) is 0 Å². The molecule has 1 unspecified atom stereocenters. The maximum atomic E-state index is 9.82. The molecule has 1 heterocycles. The lowest BCUT2D eigenvalue weighted by Gasteiger charge is -2.29. The van der Waals surface area contributed by atoms with Crippen molar-refractivity contribution in [2.75, 3.05) is 6.54 Å². The third kappa shape index (κ3) is 1.80. The van der Waals surface area contributed by atoms with Gasteiger partial charge < -0.3 is 10.4 Å².